The first kappa shape index (κ1) is 26.0. The number of aromatic nitrogens is 2. The van der Waals surface area contributed by atoms with Crippen molar-refractivity contribution in [3.8, 4) is 11.3 Å². The molecular weight excluding hydrogens is 512 g/mol. The van der Waals surface area contributed by atoms with Crippen molar-refractivity contribution in [1.82, 2.24) is 14.7 Å². The molecule has 1 amide bonds. The molecule has 3 N–H and O–H groups in total. The number of hydrogen-bond donors (Lipinski definition) is 3. The summed E-state index contributed by atoms with van der Waals surface area (Å²) >= 11 is 6.28. The average molecular weight is 539 g/mol. The Morgan fingerprint density at radius 3 is 2.46 bits per heavy atom. The Bertz CT molecular complexity index is 1630. The van der Waals surface area contributed by atoms with Gasteiger partial charge in [-0.2, -0.15) is 0 Å². The molecule has 2 aromatic heterocycles. The number of carbonyl (C=O) groups is 2. The van der Waals surface area contributed by atoms with Crippen LogP contribution in [0.1, 0.15) is 39.5 Å². The minimum absolute atomic E-state index is 0.229. The Balaban J connectivity index is 1.48. The van der Waals surface area contributed by atoms with Gasteiger partial charge in [-0.1, -0.05) is 83.9 Å². The van der Waals surface area contributed by atoms with E-state index in [2.05, 4.69) is 10.6 Å². The molecule has 0 aliphatic heterocycles. The van der Waals surface area contributed by atoms with Crippen molar-refractivity contribution in [1.29, 1.82) is 0 Å². The number of halogens is 1. The maximum Gasteiger partial charge on any atom is 0.305 e. The van der Waals surface area contributed by atoms with Crippen LogP contribution in [-0.2, 0) is 11.3 Å². The number of nitrogens with zero attached hydrogens (tertiary/aromatic N) is 2. The number of amides is 1. The first-order valence-corrected chi connectivity index (χ1v) is 12.9. The maximum atomic E-state index is 13.3. The van der Waals surface area contributed by atoms with Gasteiger partial charge in [-0.05, 0) is 42.3 Å². The van der Waals surface area contributed by atoms with Crippen LogP contribution in [0, 0.1) is 6.92 Å². The molecule has 196 valence electrons. The van der Waals surface area contributed by atoms with E-state index in [-0.39, 0.29) is 12.3 Å². The first-order valence-electron chi connectivity index (χ1n) is 12.5. The topological polar surface area (TPSA) is 95.7 Å². The summed E-state index contributed by atoms with van der Waals surface area (Å²) in [6.45, 7) is 2.53. The molecule has 0 bridgehead atoms. The maximum absolute atomic E-state index is 13.3. The third kappa shape index (κ3) is 6.10. The van der Waals surface area contributed by atoms with Gasteiger partial charge in [-0.15, -0.1) is 0 Å². The lowest BCUT2D eigenvalue weighted by Crippen LogP contribution is -2.30. The highest BCUT2D eigenvalue weighted by atomic mass is 35.5. The van der Waals surface area contributed by atoms with E-state index in [9.17, 15) is 14.7 Å². The second kappa shape index (κ2) is 11.4. The number of hydrogen-bond acceptors (Lipinski definition) is 4. The van der Waals surface area contributed by atoms with Gasteiger partial charge in [0.15, 0.2) is 0 Å². The van der Waals surface area contributed by atoms with Crippen LogP contribution in [0.25, 0.3) is 16.9 Å². The molecule has 5 rings (SSSR count). The summed E-state index contributed by atoms with van der Waals surface area (Å²) in [5, 5.41) is 16.4. The SMILES string of the molecule is Cc1ccc(C(CC(=O)O)NC(=O)c2ccn3c(NCc4ccccc4)c(-c4cccc(Cl)c4)nc3c2)cc1. The third-order valence-corrected chi connectivity index (χ3v) is 6.69. The van der Waals surface area contributed by atoms with Crippen LogP contribution in [0.4, 0.5) is 5.82 Å². The molecule has 0 aliphatic rings. The molecule has 0 spiro atoms. The van der Waals surface area contributed by atoms with Gasteiger partial charge in [0.2, 0.25) is 0 Å². The largest absolute Gasteiger partial charge is 0.481 e. The number of anilines is 1. The lowest BCUT2D eigenvalue weighted by molar-refractivity contribution is -0.137. The van der Waals surface area contributed by atoms with Crippen LogP contribution in [-0.4, -0.2) is 26.4 Å². The Morgan fingerprint density at radius 1 is 0.974 bits per heavy atom. The summed E-state index contributed by atoms with van der Waals surface area (Å²) in [6.07, 6.45) is 1.56. The molecule has 3 aromatic carbocycles. The van der Waals surface area contributed by atoms with Crippen molar-refractivity contribution in [2.45, 2.75) is 25.9 Å². The lowest BCUT2D eigenvalue weighted by Gasteiger charge is -2.18. The van der Waals surface area contributed by atoms with E-state index in [0.29, 0.717) is 28.5 Å². The van der Waals surface area contributed by atoms with Crippen LogP contribution >= 0.6 is 11.6 Å². The number of fused-ring (bicyclic) bond motifs is 1. The van der Waals surface area contributed by atoms with Gasteiger partial charge in [0.05, 0.1) is 12.5 Å². The number of aliphatic carboxylic acids is 1. The number of pyridine rings is 1. The van der Waals surface area contributed by atoms with Gasteiger partial charge in [0.1, 0.15) is 17.2 Å². The number of carbonyl (C=O) groups excluding carboxylic acids is 1. The van der Waals surface area contributed by atoms with Crippen LogP contribution in [0.2, 0.25) is 5.02 Å². The number of benzene rings is 3. The standard InChI is InChI=1S/C31H27ClN4O3/c1-20-10-12-22(13-11-20)26(18-28(37)38)34-31(39)24-14-15-36-27(17-24)35-29(23-8-5-9-25(32)16-23)30(36)33-19-21-6-3-2-4-7-21/h2-17,26,33H,18-19H2,1H3,(H,34,39)(H,37,38). The highest BCUT2D eigenvalue weighted by molar-refractivity contribution is 6.30. The number of rotatable bonds is 9. The molecule has 0 aliphatic carbocycles. The number of imidazole rings is 1. The summed E-state index contributed by atoms with van der Waals surface area (Å²) in [5.41, 5.74) is 5.38. The van der Waals surface area contributed by atoms with Crippen LogP contribution < -0.4 is 10.6 Å². The van der Waals surface area contributed by atoms with Gasteiger partial charge >= 0.3 is 5.97 Å². The predicted octanol–water partition coefficient (Wildman–Crippen LogP) is 6.52. The zero-order valence-electron chi connectivity index (χ0n) is 21.3. The van der Waals surface area contributed by atoms with Gasteiger partial charge in [0, 0.05) is 28.9 Å². The number of nitrogens with one attached hydrogen (secondary N) is 2. The fourth-order valence-electron chi connectivity index (χ4n) is 4.44. The van der Waals surface area contributed by atoms with Crippen molar-refractivity contribution in [3.63, 3.8) is 0 Å². The van der Waals surface area contributed by atoms with E-state index >= 15 is 0 Å². The minimum atomic E-state index is -0.995. The Morgan fingerprint density at radius 2 is 1.74 bits per heavy atom. The average Bonchev–Trinajstić information content (AvgIpc) is 3.30. The predicted molar refractivity (Wildman–Crippen MR) is 153 cm³/mol. The van der Waals surface area contributed by atoms with E-state index in [1.165, 1.54) is 0 Å². The molecule has 1 atom stereocenters. The summed E-state index contributed by atoms with van der Waals surface area (Å²) in [5.74, 6) is -0.605. The molecule has 2 heterocycles. The van der Waals surface area contributed by atoms with Gasteiger partial charge < -0.3 is 15.7 Å². The van der Waals surface area contributed by atoms with Crippen LogP contribution in [0.15, 0.2) is 97.2 Å². The number of carboxylic acid groups (broad SMARTS) is 1. The van der Waals surface area contributed by atoms with E-state index in [1.54, 1.807) is 18.3 Å². The Hall–Kier alpha value is -4.62. The number of aryl methyl sites for hydroxylation is 1. The van der Waals surface area contributed by atoms with Gasteiger partial charge in [-0.3, -0.25) is 14.0 Å². The van der Waals surface area contributed by atoms with E-state index in [0.717, 1.165) is 28.1 Å². The van der Waals surface area contributed by atoms with Crippen LogP contribution in [0.5, 0.6) is 0 Å². The lowest BCUT2D eigenvalue weighted by atomic mass is 10.0. The summed E-state index contributed by atoms with van der Waals surface area (Å²) in [6, 6.07) is 27.7. The van der Waals surface area contributed by atoms with Crippen molar-refractivity contribution in [2.24, 2.45) is 0 Å². The minimum Gasteiger partial charge on any atom is -0.481 e. The fourth-order valence-corrected chi connectivity index (χ4v) is 4.63. The molecule has 0 saturated heterocycles. The molecule has 39 heavy (non-hydrogen) atoms. The molecule has 8 heteroatoms. The van der Waals surface area contributed by atoms with Crippen molar-refractivity contribution in [2.75, 3.05) is 5.32 Å². The highest BCUT2D eigenvalue weighted by Crippen LogP contribution is 2.31. The third-order valence-electron chi connectivity index (χ3n) is 6.45. The molecular formula is C31H27ClN4O3. The summed E-state index contributed by atoms with van der Waals surface area (Å²) < 4.78 is 1.89. The Kier molecular flexibility index (Phi) is 7.61. The van der Waals surface area contributed by atoms with E-state index in [4.69, 9.17) is 16.6 Å². The van der Waals surface area contributed by atoms with Crippen molar-refractivity contribution in [3.05, 3.63) is 124 Å². The fraction of sp³-hybridized carbons (Fsp3) is 0.129. The zero-order chi connectivity index (χ0) is 27.4. The molecule has 7 nitrogen and oxygen atoms in total. The Labute approximate surface area is 231 Å². The molecule has 0 fully saturated rings. The second-order valence-electron chi connectivity index (χ2n) is 9.34. The quantitative estimate of drug-likeness (QED) is 0.198. The summed E-state index contributed by atoms with van der Waals surface area (Å²) in [4.78, 5) is 29.6. The normalized spacial score (nSPS) is 11.7. The van der Waals surface area contributed by atoms with Crippen molar-refractivity contribution < 1.29 is 14.7 Å². The van der Waals surface area contributed by atoms with E-state index in [1.807, 2.05) is 90.2 Å². The van der Waals surface area contributed by atoms with Gasteiger partial charge in [-0.25, -0.2) is 4.98 Å². The highest BCUT2D eigenvalue weighted by Gasteiger charge is 2.21. The first-order chi connectivity index (χ1) is 18.9. The van der Waals surface area contributed by atoms with Gasteiger partial charge in [0.25, 0.3) is 5.91 Å². The zero-order valence-corrected chi connectivity index (χ0v) is 22.0. The second-order valence-corrected chi connectivity index (χ2v) is 9.77. The number of carboxylic acids is 1. The van der Waals surface area contributed by atoms with Crippen molar-refractivity contribution >= 4 is 34.9 Å². The smallest absolute Gasteiger partial charge is 0.305 e. The monoisotopic (exact) mass is 538 g/mol. The summed E-state index contributed by atoms with van der Waals surface area (Å²) in [7, 11) is 0. The van der Waals surface area contributed by atoms with Crippen LogP contribution in [0.3, 0.4) is 0 Å². The van der Waals surface area contributed by atoms with E-state index < -0.39 is 12.0 Å². The molecule has 5 aromatic rings. The molecule has 0 radical (unpaired) electrons. The molecule has 1 unspecified atom stereocenters. The molecule has 0 saturated carbocycles.